The van der Waals surface area contributed by atoms with Gasteiger partial charge in [-0.25, -0.2) is 0 Å². The normalized spacial score (nSPS) is 15.1. The van der Waals surface area contributed by atoms with Gasteiger partial charge in [-0.15, -0.1) is 0 Å². The quantitative estimate of drug-likeness (QED) is 0.230. The minimum absolute atomic E-state index is 0.107. The summed E-state index contributed by atoms with van der Waals surface area (Å²) in [5.74, 6) is -0.0482. The number of carbonyl (C=O) groups is 2. The van der Waals surface area contributed by atoms with Gasteiger partial charge in [0.25, 0.3) is 11.8 Å². The Bertz CT molecular complexity index is 737. The molecule has 25 heavy (non-hydrogen) atoms. The maximum atomic E-state index is 12.8. The number of likely N-dealkylation sites (N-methyl/N-ethyl adjacent to an activating group) is 2. The van der Waals surface area contributed by atoms with Crippen LogP contribution in [0, 0.1) is 7.14 Å². The van der Waals surface area contributed by atoms with Crippen LogP contribution < -0.4 is 4.74 Å². The molecule has 1 fully saturated rings. The number of halogens is 2. The Kier molecular flexibility index (Phi) is 7.20. The van der Waals surface area contributed by atoms with E-state index in [9.17, 15) is 9.59 Å². The summed E-state index contributed by atoms with van der Waals surface area (Å²) in [4.78, 5) is 28.4. The zero-order valence-electron chi connectivity index (χ0n) is 14.1. The van der Waals surface area contributed by atoms with Gasteiger partial charge in [-0.2, -0.15) is 0 Å². The van der Waals surface area contributed by atoms with E-state index in [0.29, 0.717) is 25.4 Å². The minimum atomic E-state index is -0.362. The van der Waals surface area contributed by atoms with Crippen molar-refractivity contribution in [1.82, 2.24) is 9.80 Å². The molecule has 8 heteroatoms. The fourth-order valence-corrected chi connectivity index (χ4v) is 4.99. The lowest BCUT2D eigenvalue weighted by atomic mass is 10.1. The van der Waals surface area contributed by atoms with Gasteiger partial charge in [-0.3, -0.25) is 19.4 Å². The van der Waals surface area contributed by atoms with Crippen molar-refractivity contribution in [1.29, 1.82) is 0 Å². The van der Waals surface area contributed by atoms with Crippen molar-refractivity contribution in [3.63, 3.8) is 0 Å². The van der Waals surface area contributed by atoms with Gasteiger partial charge in [-0.05, 0) is 96.4 Å². The summed E-state index contributed by atoms with van der Waals surface area (Å²) in [6.45, 7) is 6.91. The molecule has 0 spiro atoms. The van der Waals surface area contributed by atoms with Gasteiger partial charge in [-0.1, -0.05) is 0 Å². The van der Waals surface area contributed by atoms with Crippen molar-refractivity contribution in [2.24, 2.45) is 0 Å². The number of carbonyl (C=O) groups excluding carboxylic acids is 2. The highest BCUT2D eigenvalue weighted by atomic mass is 127. The fraction of sp³-hybridized carbons (Fsp3) is 0.353. The van der Waals surface area contributed by atoms with Crippen LogP contribution in [0.15, 0.2) is 17.7 Å². The van der Waals surface area contributed by atoms with Crippen LogP contribution in [0.3, 0.4) is 0 Å². The number of hydrogen-bond donors (Lipinski definition) is 0. The maximum absolute atomic E-state index is 12.8. The number of ether oxygens (including phenoxy) is 1. The summed E-state index contributed by atoms with van der Waals surface area (Å²) in [6.07, 6.45) is 1.62. The van der Waals surface area contributed by atoms with Crippen LogP contribution in [0.4, 0.5) is 0 Å². The second-order valence-electron chi connectivity index (χ2n) is 5.18. The van der Waals surface area contributed by atoms with Crippen molar-refractivity contribution >= 4 is 80.4 Å². The van der Waals surface area contributed by atoms with Crippen LogP contribution in [0.2, 0.25) is 0 Å². The standard InChI is InChI=1S/C17H18I2N2O3S/c1-4-20-15(22)12(16(23)21(5-2)17(20)25)8-10-7-11(18)9-13(19)14(10)24-6-3/h7-9H,4-6H2,1-3H3. The fourth-order valence-electron chi connectivity index (χ4n) is 2.52. The van der Waals surface area contributed by atoms with Crippen LogP contribution in [0.1, 0.15) is 26.3 Å². The monoisotopic (exact) mass is 584 g/mol. The van der Waals surface area contributed by atoms with Crippen molar-refractivity contribution in [3.8, 4) is 5.75 Å². The van der Waals surface area contributed by atoms with Crippen molar-refractivity contribution in [2.45, 2.75) is 20.8 Å². The van der Waals surface area contributed by atoms with E-state index in [0.717, 1.165) is 12.7 Å². The largest absolute Gasteiger partial charge is 0.492 e. The molecule has 134 valence electrons. The second-order valence-corrected chi connectivity index (χ2v) is 7.95. The minimum Gasteiger partial charge on any atom is -0.492 e. The number of nitrogens with zero attached hydrogens (tertiary/aromatic N) is 2. The Balaban J connectivity index is 2.60. The molecule has 2 rings (SSSR count). The number of thiocarbonyl (C=S) groups is 1. The third kappa shape index (κ3) is 4.16. The van der Waals surface area contributed by atoms with E-state index in [2.05, 4.69) is 45.2 Å². The van der Waals surface area contributed by atoms with E-state index in [1.165, 1.54) is 9.80 Å². The first-order valence-corrected chi connectivity index (χ1v) is 10.4. The van der Waals surface area contributed by atoms with E-state index in [4.69, 9.17) is 17.0 Å². The van der Waals surface area contributed by atoms with E-state index in [1.54, 1.807) is 6.08 Å². The van der Waals surface area contributed by atoms with Crippen LogP contribution in [-0.2, 0) is 9.59 Å². The summed E-state index contributed by atoms with van der Waals surface area (Å²) in [5, 5.41) is 0.263. The summed E-state index contributed by atoms with van der Waals surface area (Å²) in [5.41, 5.74) is 0.825. The Labute approximate surface area is 180 Å². The first-order valence-electron chi connectivity index (χ1n) is 7.86. The average molecular weight is 584 g/mol. The van der Waals surface area contributed by atoms with Gasteiger partial charge in [0, 0.05) is 22.2 Å². The molecule has 1 aliphatic heterocycles. The van der Waals surface area contributed by atoms with Crippen molar-refractivity contribution < 1.29 is 14.3 Å². The van der Waals surface area contributed by atoms with Crippen molar-refractivity contribution in [3.05, 3.63) is 30.4 Å². The molecule has 0 atom stereocenters. The van der Waals surface area contributed by atoms with Gasteiger partial charge in [0.05, 0.1) is 10.2 Å². The molecule has 0 bridgehead atoms. The summed E-state index contributed by atoms with van der Waals surface area (Å²) in [7, 11) is 0. The number of benzene rings is 1. The van der Waals surface area contributed by atoms with Crippen LogP contribution >= 0.6 is 57.4 Å². The molecule has 0 N–H and O–H groups in total. The predicted molar refractivity (Wildman–Crippen MR) is 118 cm³/mol. The molecule has 1 saturated heterocycles. The topological polar surface area (TPSA) is 49.9 Å². The molecule has 1 aliphatic rings. The number of amides is 2. The Morgan fingerprint density at radius 1 is 1.08 bits per heavy atom. The maximum Gasteiger partial charge on any atom is 0.265 e. The van der Waals surface area contributed by atoms with Crippen LogP contribution in [0.5, 0.6) is 5.75 Å². The third-order valence-corrected chi connectivity index (χ3v) is 5.54. The third-order valence-electron chi connectivity index (χ3n) is 3.67. The lowest BCUT2D eigenvalue weighted by Gasteiger charge is -2.35. The van der Waals surface area contributed by atoms with Gasteiger partial charge in [0.1, 0.15) is 11.3 Å². The lowest BCUT2D eigenvalue weighted by molar-refractivity contribution is -0.133. The Morgan fingerprint density at radius 3 is 2.12 bits per heavy atom. The first-order chi connectivity index (χ1) is 11.8. The van der Waals surface area contributed by atoms with E-state index >= 15 is 0 Å². The zero-order valence-corrected chi connectivity index (χ0v) is 19.3. The van der Waals surface area contributed by atoms with E-state index < -0.39 is 0 Å². The highest BCUT2D eigenvalue weighted by Gasteiger charge is 2.38. The Hall–Kier alpha value is -0.750. The van der Waals surface area contributed by atoms with Gasteiger partial charge in [0.2, 0.25) is 0 Å². The number of hydrogen-bond acceptors (Lipinski definition) is 4. The molecular weight excluding hydrogens is 566 g/mol. The number of rotatable bonds is 5. The molecule has 0 saturated carbocycles. The molecule has 0 aromatic heterocycles. The van der Waals surface area contributed by atoms with Gasteiger partial charge in [0.15, 0.2) is 5.11 Å². The van der Waals surface area contributed by atoms with Crippen LogP contribution in [-0.4, -0.2) is 46.4 Å². The SMILES string of the molecule is CCOc1c(I)cc(I)cc1C=C1C(=O)N(CC)C(=S)N(CC)C1=O. The smallest absolute Gasteiger partial charge is 0.265 e. The average Bonchev–Trinajstić information content (AvgIpc) is 2.55. The van der Waals surface area contributed by atoms with E-state index in [-0.39, 0.29) is 22.5 Å². The summed E-state index contributed by atoms with van der Waals surface area (Å²) >= 11 is 9.68. The molecule has 5 nitrogen and oxygen atoms in total. The molecule has 1 aromatic rings. The lowest BCUT2D eigenvalue weighted by Crippen LogP contribution is -2.55. The summed E-state index contributed by atoms with van der Waals surface area (Å²) in [6, 6.07) is 3.89. The first kappa shape index (κ1) is 20.6. The summed E-state index contributed by atoms with van der Waals surface area (Å²) < 4.78 is 7.67. The molecule has 1 aromatic carbocycles. The molecular formula is C17H18I2N2O3S. The second kappa shape index (κ2) is 8.76. The van der Waals surface area contributed by atoms with Crippen LogP contribution in [0.25, 0.3) is 6.08 Å². The molecule has 1 heterocycles. The van der Waals surface area contributed by atoms with Gasteiger partial charge < -0.3 is 4.74 Å². The van der Waals surface area contributed by atoms with Crippen molar-refractivity contribution in [2.75, 3.05) is 19.7 Å². The highest BCUT2D eigenvalue weighted by molar-refractivity contribution is 14.1. The molecule has 0 unspecified atom stereocenters. The Morgan fingerprint density at radius 2 is 1.64 bits per heavy atom. The zero-order chi connectivity index (χ0) is 18.7. The highest BCUT2D eigenvalue weighted by Crippen LogP contribution is 2.31. The molecule has 2 amide bonds. The van der Waals surface area contributed by atoms with E-state index in [1.807, 2.05) is 32.9 Å². The molecule has 0 aliphatic carbocycles. The predicted octanol–water partition coefficient (Wildman–Crippen LogP) is 3.67. The molecule has 0 radical (unpaired) electrons. The van der Waals surface area contributed by atoms with Gasteiger partial charge >= 0.3 is 0 Å².